The van der Waals surface area contributed by atoms with Gasteiger partial charge < -0.3 is 9.64 Å². The van der Waals surface area contributed by atoms with Crippen molar-refractivity contribution in [2.75, 3.05) is 14.2 Å². The van der Waals surface area contributed by atoms with Gasteiger partial charge in [-0.1, -0.05) is 12.1 Å². The molecule has 0 heterocycles. The predicted octanol–water partition coefficient (Wildman–Crippen LogP) is 2.63. The topological polar surface area (TPSA) is 89.7 Å². The van der Waals surface area contributed by atoms with Gasteiger partial charge in [0.25, 0.3) is 5.91 Å². The van der Waals surface area contributed by atoms with Crippen molar-refractivity contribution in [1.82, 2.24) is 4.90 Å². The average Bonchev–Trinajstić information content (AvgIpc) is 2.59. The smallest absolute Gasteiger partial charge is 0.416 e. The number of methoxy groups -OCH3 is 1. The lowest BCUT2D eigenvalue weighted by molar-refractivity contribution is -0.137. The molecule has 2 N–H and O–H groups in total. The Hall–Kier alpha value is -2.59. The minimum Gasteiger partial charge on any atom is -0.496 e. The summed E-state index contributed by atoms with van der Waals surface area (Å²) in [7, 11) is -1.27. The molecule has 0 aromatic heterocycles. The van der Waals surface area contributed by atoms with Gasteiger partial charge in [-0.3, -0.25) is 4.79 Å². The van der Waals surface area contributed by atoms with Crippen LogP contribution in [0.3, 0.4) is 0 Å². The Morgan fingerprint density at radius 1 is 1.15 bits per heavy atom. The Morgan fingerprint density at radius 3 is 2.22 bits per heavy atom. The third-order valence-corrected chi connectivity index (χ3v) is 4.69. The van der Waals surface area contributed by atoms with Crippen molar-refractivity contribution in [2.45, 2.75) is 17.6 Å². The summed E-state index contributed by atoms with van der Waals surface area (Å²) in [6.07, 6.45) is -4.44. The van der Waals surface area contributed by atoms with E-state index in [-0.39, 0.29) is 22.8 Å². The molecule has 0 aliphatic heterocycles. The van der Waals surface area contributed by atoms with Crippen molar-refractivity contribution in [3.05, 3.63) is 59.2 Å². The Bertz CT molecular complexity index is 942. The number of halogens is 3. The first-order valence-corrected chi connectivity index (χ1v) is 9.10. The van der Waals surface area contributed by atoms with Gasteiger partial charge in [0, 0.05) is 13.6 Å². The van der Waals surface area contributed by atoms with Gasteiger partial charge in [-0.05, 0) is 35.9 Å². The number of nitrogens with two attached hydrogens (primary N) is 1. The van der Waals surface area contributed by atoms with E-state index in [9.17, 15) is 26.4 Å². The number of nitrogens with zero attached hydrogens (tertiary/aromatic N) is 1. The van der Waals surface area contributed by atoms with Crippen LogP contribution in [0.25, 0.3) is 0 Å². The molecule has 0 fully saturated rings. The Labute approximate surface area is 154 Å². The SMILES string of the molecule is COc1ccc(S(N)(=O)=O)cc1C(=O)N(C)Cc1ccc(C(F)(F)F)cc1. The first kappa shape index (κ1) is 20.7. The summed E-state index contributed by atoms with van der Waals surface area (Å²) in [6, 6.07) is 8.00. The van der Waals surface area contributed by atoms with Crippen molar-refractivity contribution in [3.63, 3.8) is 0 Å². The average molecular weight is 402 g/mol. The summed E-state index contributed by atoms with van der Waals surface area (Å²) in [4.78, 5) is 13.6. The van der Waals surface area contributed by atoms with E-state index in [0.29, 0.717) is 5.56 Å². The maximum Gasteiger partial charge on any atom is 0.416 e. The molecule has 2 rings (SSSR count). The van der Waals surface area contributed by atoms with Gasteiger partial charge in [-0.25, -0.2) is 13.6 Å². The molecule has 27 heavy (non-hydrogen) atoms. The number of hydrogen-bond acceptors (Lipinski definition) is 4. The fourth-order valence-corrected chi connectivity index (χ4v) is 2.92. The number of carbonyl (C=O) groups is 1. The zero-order chi connectivity index (χ0) is 20.4. The van der Waals surface area contributed by atoms with Crippen LogP contribution >= 0.6 is 0 Å². The normalized spacial score (nSPS) is 11.9. The van der Waals surface area contributed by atoms with E-state index in [4.69, 9.17) is 9.88 Å². The molecule has 2 aromatic carbocycles. The van der Waals surface area contributed by atoms with Gasteiger partial charge >= 0.3 is 6.18 Å². The second kappa shape index (κ2) is 7.57. The summed E-state index contributed by atoms with van der Waals surface area (Å²) in [6.45, 7) is 0.0136. The summed E-state index contributed by atoms with van der Waals surface area (Å²) < 4.78 is 65.9. The minimum atomic E-state index is -4.44. The number of ether oxygens (including phenoxy) is 1. The molecule has 0 aliphatic carbocycles. The second-order valence-electron chi connectivity index (χ2n) is 5.76. The first-order valence-electron chi connectivity index (χ1n) is 7.56. The molecule has 0 saturated heterocycles. The monoisotopic (exact) mass is 402 g/mol. The number of benzene rings is 2. The molecule has 0 saturated carbocycles. The maximum atomic E-state index is 12.7. The quantitative estimate of drug-likeness (QED) is 0.833. The van der Waals surface area contributed by atoms with Gasteiger partial charge in [0.2, 0.25) is 10.0 Å². The summed E-state index contributed by atoms with van der Waals surface area (Å²) in [5.74, 6) is -0.427. The Balaban J connectivity index is 2.27. The van der Waals surface area contributed by atoms with E-state index in [2.05, 4.69) is 0 Å². The summed E-state index contributed by atoms with van der Waals surface area (Å²) in [5.41, 5.74) is -0.346. The maximum absolute atomic E-state index is 12.7. The third-order valence-electron chi connectivity index (χ3n) is 3.78. The number of alkyl halides is 3. The van der Waals surface area contributed by atoms with Crippen LogP contribution in [0.4, 0.5) is 13.2 Å². The molecule has 0 aliphatic rings. The summed E-state index contributed by atoms with van der Waals surface area (Å²) in [5, 5.41) is 5.08. The molecule has 0 atom stereocenters. The largest absolute Gasteiger partial charge is 0.496 e. The lowest BCUT2D eigenvalue weighted by atomic mass is 10.1. The van der Waals surface area contributed by atoms with Crippen molar-refractivity contribution in [2.24, 2.45) is 5.14 Å². The predicted molar refractivity (Wildman–Crippen MR) is 91.6 cm³/mol. The van der Waals surface area contributed by atoms with E-state index < -0.39 is 27.7 Å². The van der Waals surface area contributed by atoms with Gasteiger partial charge in [0.15, 0.2) is 0 Å². The lowest BCUT2D eigenvalue weighted by Crippen LogP contribution is -2.27. The van der Waals surface area contributed by atoms with Gasteiger partial charge in [0.05, 0.1) is 23.1 Å². The molecule has 0 bridgehead atoms. The van der Waals surface area contributed by atoms with Gasteiger partial charge in [-0.2, -0.15) is 13.2 Å². The van der Waals surface area contributed by atoms with Crippen LogP contribution in [0.15, 0.2) is 47.4 Å². The number of amides is 1. The number of rotatable bonds is 5. The molecule has 0 unspecified atom stereocenters. The van der Waals surface area contributed by atoms with Crippen molar-refractivity contribution >= 4 is 15.9 Å². The van der Waals surface area contributed by atoms with Crippen LogP contribution in [-0.4, -0.2) is 33.4 Å². The number of sulfonamides is 1. The van der Waals surface area contributed by atoms with Crippen molar-refractivity contribution in [1.29, 1.82) is 0 Å². The lowest BCUT2D eigenvalue weighted by Gasteiger charge is -2.19. The third kappa shape index (κ3) is 4.98. The molecule has 10 heteroatoms. The molecule has 0 radical (unpaired) electrons. The fraction of sp³-hybridized carbons (Fsp3) is 0.235. The van der Waals surface area contributed by atoms with Crippen LogP contribution in [0.1, 0.15) is 21.5 Å². The molecule has 0 spiro atoms. The van der Waals surface area contributed by atoms with E-state index in [1.165, 1.54) is 43.3 Å². The van der Waals surface area contributed by atoms with E-state index in [1.54, 1.807) is 0 Å². The second-order valence-corrected chi connectivity index (χ2v) is 7.32. The van der Waals surface area contributed by atoms with Gasteiger partial charge in [0.1, 0.15) is 5.75 Å². The Kier molecular flexibility index (Phi) is 5.81. The zero-order valence-electron chi connectivity index (χ0n) is 14.4. The summed E-state index contributed by atoms with van der Waals surface area (Å²) >= 11 is 0. The highest BCUT2D eigenvalue weighted by atomic mass is 32.2. The van der Waals surface area contributed by atoms with Crippen LogP contribution < -0.4 is 9.88 Å². The zero-order valence-corrected chi connectivity index (χ0v) is 15.3. The fourth-order valence-electron chi connectivity index (χ4n) is 2.38. The highest BCUT2D eigenvalue weighted by Crippen LogP contribution is 2.29. The number of carbonyl (C=O) groups excluding carboxylic acids is 1. The van der Waals surface area contributed by atoms with Crippen molar-refractivity contribution in [3.8, 4) is 5.75 Å². The van der Waals surface area contributed by atoms with Gasteiger partial charge in [-0.15, -0.1) is 0 Å². The van der Waals surface area contributed by atoms with E-state index in [0.717, 1.165) is 18.2 Å². The Morgan fingerprint density at radius 2 is 1.74 bits per heavy atom. The first-order chi connectivity index (χ1) is 12.4. The van der Waals surface area contributed by atoms with Crippen LogP contribution in [0, 0.1) is 0 Å². The highest BCUT2D eigenvalue weighted by Gasteiger charge is 2.30. The molecular weight excluding hydrogens is 385 g/mol. The van der Waals surface area contributed by atoms with E-state index >= 15 is 0 Å². The van der Waals surface area contributed by atoms with Crippen molar-refractivity contribution < 1.29 is 31.1 Å². The molecule has 2 aromatic rings. The highest BCUT2D eigenvalue weighted by molar-refractivity contribution is 7.89. The van der Waals surface area contributed by atoms with Crippen LogP contribution in [0.5, 0.6) is 5.75 Å². The standard InChI is InChI=1S/C17H17F3N2O4S/c1-22(10-11-3-5-12(6-4-11)17(18,19)20)16(23)14-9-13(27(21,24)25)7-8-15(14)26-2/h3-9H,10H2,1-2H3,(H2,21,24,25). The molecular formula is C17H17F3N2O4S. The van der Waals surface area contributed by atoms with Crippen LogP contribution in [-0.2, 0) is 22.7 Å². The van der Waals surface area contributed by atoms with E-state index in [1.807, 2.05) is 0 Å². The molecule has 146 valence electrons. The molecule has 1 amide bonds. The van der Waals surface area contributed by atoms with Crippen LogP contribution in [0.2, 0.25) is 0 Å². The number of hydrogen-bond donors (Lipinski definition) is 1. The minimum absolute atomic E-state index is 0.0136. The number of primary sulfonamides is 1. The molecule has 6 nitrogen and oxygen atoms in total.